The first kappa shape index (κ1) is 14.1. The molecule has 20 heavy (non-hydrogen) atoms. The van der Waals surface area contributed by atoms with Crippen molar-refractivity contribution in [2.75, 3.05) is 24.7 Å². The summed E-state index contributed by atoms with van der Waals surface area (Å²) in [4.78, 5) is 22.6. The second-order valence-electron chi connectivity index (χ2n) is 4.59. The Morgan fingerprint density at radius 1 is 1.60 bits per heavy atom. The lowest BCUT2D eigenvalue weighted by Gasteiger charge is -2.14. The van der Waals surface area contributed by atoms with E-state index in [2.05, 4.69) is 15.4 Å². The minimum Gasteiger partial charge on any atom is -0.465 e. The van der Waals surface area contributed by atoms with Crippen molar-refractivity contribution in [1.82, 2.24) is 5.32 Å². The predicted molar refractivity (Wildman–Crippen MR) is 71.8 cm³/mol. The highest BCUT2D eigenvalue weighted by Crippen LogP contribution is 2.23. The van der Waals surface area contributed by atoms with Gasteiger partial charge in [-0.3, -0.25) is 4.79 Å². The summed E-state index contributed by atoms with van der Waals surface area (Å²) < 4.78 is 18.3. The van der Waals surface area contributed by atoms with Crippen LogP contribution in [0.3, 0.4) is 0 Å². The van der Waals surface area contributed by atoms with Gasteiger partial charge in [-0.1, -0.05) is 0 Å². The third-order valence-electron chi connectivity index (χ3n) is 3.17. The van der Waals surface area contributed by atoms with Gasteiger partial charge in [0, 0.05) is 24.7 Å². The van der Waals surface area contributed by atoms with Gasteiger partial charge in [-0.05, 0) is 18.6 Å². The molecule has 6 nitrogen and oxygen atoms in total. The number of carbonyl (C=O) groups is 2. The molecular weight excluding hydrogens is 265 g/mol. The molecule has 1 fully saturated rings. The number of anilines is 2. The third-order valence-corrected chi connectivity index (χ3v) is 3.17. The van der Waals surface area contributed by atoms with Crippen molar-refractivity contribution in [3.8, 4) is 0 Å². The molecule has 1 aliphatic rings. The van der Waals surface area contributed by atoms with Crippen molar-refractivity contribution in [3.63, 3.8) is 0 Å². The molecule has 0 bridgehead atoms. The Balaban J connectivity index is 2.10. The highest BCUT2D eigenvalue weighted by molar-refractivity contribution is 5.96. The van der Waals surface area contributed by atoms with Gasteiger partial charge in [0.05, 0.1) is 18.4 Å². The number of ether oxygens (including phenoxy) is 1. The van der Waals surface area contributed by atoms with Crippen LogP contribution in [0.5, 0.6) is 0 Å². The summed E-state index contributed by atoms with van der Waals surface area (Å²) in [6.07, 6.45) is 1.18. The van der Waals surface area contributed by atoms with Gasteiger partial charge >= 0.3 is 5.97 Å². The first-order valence-electron chi connectivity index (χ1n) is 6.22. The zero-order chi connectivity index (χ0) is 14.7. The molecule has 1 aromatic rings. The van der Waals surface area contributed by atoms with E-state index < -0.39 is 11.8 Å². The number of nitrogens with two attached hydrogens (primary N) is 1. The SMILES string of the molecule is COC(=O)c1cc(NCC2CCC(=O)N2)c(F)cc1N. The Morgan fingerprint density at radius 2 is 2.35 bits per heavy atom. The molecule has 1 amide bonds. The van der Waals surface area contributed by atoms with Gasteiger partial charge in [0.2, 0.25) is 5.91 Å². The van der Waals surface area contributed by atoms with Crippen molar-refractivity contribution in [2.45, 2.75) is 18.9 Å². The molecule has 0 spiro atoms. The van der Waals surface area contributed by atoms with Crippen LogP contribution >= 0.6 is 0 Å². The molecule has 1 saturated heterocycles. The van der Waals surface area contributed by atoms with Gasteiger partial charge in [-0.25, -0.2) is 9.18 Å². The summed E-state index contributed by atoms with van der Waals surface area (Å²) in [5, 5.41) is 5.63. The Morgan fingerprint density at radius 3 is 2.95 bits per heavy atom. The van der Waals surface area contributed by atoms with Crippen LogP contribution in [0, 0.1) is 5.82 Å². The third kappa shape index (κ3) is 2.98. The fourth-order valence-electron chi connectivity index (χ4n) is 2.07. The molecule has 1 unspecified atom stereocenters. The standard InChI is InChI=1S/C13H16FN3O3/c1-20-13(19)8-4-11(9(14)5-10(8)15)16-6-7-2-3-12(18)17-7/h4-5,7,16H,2-3,6,15H2,1H3,(H,17,18). The Bertz CT molecular complexity index is 548. The van der Waals surface area contributed by atoms with Crippen LogP contribution in [-0.2, 0) is 9.53 Å². The summed E-state index contributed by atoms with van der Waals surface area (Å²) in [5.41, 5.74) is 5.86. The van der Waals surface area contributed by atoms with Gasteiger partial charge < -0.3 is 21.1 Å². The molecule has 7 heteroatoms. The second kappa shape index (κ2) is 5.77. The van der Waals surface area contributed by atoms with E-state index in [1.165, 1.54) is 13.2 Å². The lowest BCUT2D eigenvalue weighted by Crippen LogP contribution is -2.32. The van der Waals surface area contributed by atoms with E-state index in [9.17, 15) is 14.0 Å². The Kier molecular flexibility index (Phi) is 4.07. The van der Waals surface area contributed by atoms with Gasteiger partial charge in [0.15, 0.2) is 0 Å². The minimum atomic E-state index is -0.625. The van der Waals surface area contributed by atoms with Crippen LogP contribution in [-0.4, -0.2) is 31.6 Å². The quantitative estimate of drug-likeness (QED) is 0.563. The largest absolute Gasteiger partial charge is 0.465 e. The average molecular weight is 281 g/mol. The first-order chi connectivity index (χ1) is 9.51. The molecule has 2 rings (SSSR count). The topological polar surface area (TPSA) is 93.4 Å². The number of methoxy groups -OCH3 is 1. The molecule has 1 heterocycles. The molecule has 0 saturated carbocycles. The highest BCUT2D eigenvalue weighted by atomic mass is 19.1. The van der Waals surface area contributed by atoms with Gasteiger partial charge in [-0.2, -0.15) is 0 Å². The second-order valence-corrected chi connectivity index (χ2v) is 4.59. The molecule has 4 N–H and O–H groups in total. The molecular formula is C13H16FN3O3. The monoisotopic (exact) mass is 281 g/mol. The fraction of sp³-hybridized carbons (Fsp3) is 0.385. The van der Waals surface area contributed by atoms with Gasteiger partial charge in [-0.15, -0.1) is 0 Å². The van der Waals surface area contributed by atoms with Crippen LogP contribution in [0.1, 0.15) is 23.2 Å². The number of amides is 1. The molecule has 108 valence electrons. The summed E-state index contributed by atoms with van der Waals surface area (Å²) in [6.45, 7) is 0.382. The molecule has 1 aliphatic heterocycles. The van der Waals surface area contributed by atoms with Crippen LogP contribution in [0.2, 0.25) is 0 Å². The van der Waals surface area contributed by atoms with Crippen LogP contribution in [0.4, 0.5) is 15.8 Å². The molecule has 0 radical (unpaired) electrons. The van der Waals surface area contributed by atoms with E-state index in [0.717, 1.165) is 6.07 Å². The van der Waals surface area contributed by atoms with E-state index in [4.69, 9.17) is 5.73 Å². The highest BCUT2D eigenvalue weighted by Gasteiger charge is 2.21. The number of nitrogen functional groups attached to an aromatic ring is 1. The summed E-state index contributed by atoms with van der Waals surface area (Å²) >= 11 is 0. The maximum Gasteiger partial charge on any atom is 0.340 e. The number of rotatable bonds is 4. The molecule has 0 aliphatic carbocycles. The maximum atomic E-state index is 13.8. The van der Waals surface area contributed by atoms with E-state index in [0.29, 0.717) is 19.4 Å². The van der Waals surface area contributed by atoms with Crippen molar-refractivity contribution in [2.24, 2.45) is 0 Å². The number of hydrogen-bond acceptors (Lipinski definition) is 5. The number of nitrogens with one attached hydrogen (secondary N) is 2. The number of halogens is 1. The molecule has 1 atom stereocenters. The summed E-state index contributed by atoms with van der Waals surface area (Å²) in [5.74, 6) is -1.19. The Labute approximate surface area is 115 Å². The maximum absolute atomic E-state index is 13.8. The van der Waals surface area contributed by atoms with Crippen molar-refractivity contribution in [1.29, 1.82) is 0 Å². The van der Waals surface area contributed by atoms with Crippen molar-refractivity contribution >= 4 is 23.3 Å². The molecule has 0 aromatic heterocycles. The van der Waals surface area contributed by atoms with E-state index in [1.807, 2.05) is 0 Å². The Hall–Kier alpha value is -2.31. The lowest BCUT2D eigenvalue weighted by atomic mass is 10.1. The van der Waals surface area contributed by atoms with Gasteiger partial charge in [0.1, 0.15) is 5.82 Å². The van der Waals surface area contributed by atoms with Crippen LogP contribution in [0.15, 0.2) is 12.1 Å². The summed E-state index contributed by atoms with van der Waals surface area (Å²) in [6, 6.07) is 2.34. The first-order valence-corrected chi connectivity index (χ1v) is 6.22. The van der Waals surface area contributed by atoms with Crippen molar-refractivity contribution in [3.05, 3.63) is 23.5 Å². The van der Waals surface area contributed by atoms with E-state index in [-0.39, 0.29) is 28.9 Å². The average Bonchev–Trinajstić information content (AvgIpc) is 2.83. The van der Waals surface area contributed by atoms with Crippen LogP contribution in [0.25, 0.3) is 0 Å². The van der Waals surface area contributed by atoms with E-state index >= 15 is 0 Å². The van der Waals surface area contributed by atoms with E-state index in [1.54, 1.807) is 0 Å². The number of esters is 1. The zero-order valence-electron chi connectivity index (χ0n) is 11.0. The van der Waals surface area contributed by atoms with Gasteiger partial charge in [0.25, 0.3) is 0 Å². The minimum absolute atomic E-state index is 0.00942. The number of benzene rings is 1. The number of hydrogen-bond donors (Lipinski definition) is 3. The summed E-state index contributed by atoms with van der Waals surface area (Å²) in [7, 11) is 1.23. The lowest BCUT2D eigenvalue weighted by molar-refractivity contribution is -0.119. The predicted octanol–water partition coefficient (Wildman–Crippen LogP) is 0.885. The van der Waals surface area contributed by atoms with Crippen LogP contribution < -0.4 is 16.4 Å². The number of carbonyl (C=O) groups excluding carboxylic acids is 2. The molecule has 1 aromatic carbocycles. The zero-order valence-corrected chi connectivity index (χ0v) is 11.0. The normalized spacial score (nSPS) is 17.7. The smallest absolute Gasteiger partial charge is 0.340 e. The van der Waals surface area contributed by atoms with Crippen molar-refractivity contribution < 1.29 is 18.7 Å². The fourth-order valence-corrected chi connectivity index (χ4v) is 2.07.